The van der Waals surface area contributed by atoms with Crippen molar-refractivity contribution in [2.45, 2.75) is 19.4 Å². The van der Waals surface area contributed by atoms with Crippen molar-refractivity contribution >= 4 is 28.7 Å². The topological polar surface area (TPSA) is 110 Å². The van der Waals surface area contributed by atoms with Crippen LogP contribution in [0.3, 0.4) is 0 Å². The van der Waals surface area contributed by atoms with Crippen LogP contribution in [0.5, 0.6) is 0 Å². The summed E-state index contributed by atoms with van der Waals surface area (Å²) in [5, 5.41) is 13.0. The number of aryl methyl sites for hydroxylation is 1. The largest absolute Gasteiger partial charge is 0.480 e. The zero-order chi connectivity index (χ0) is 27.6. The Bertz CT molecular complexity index is 1700. The number of benzene rings is 3. The Balaban J connectivity index is 1.79. The second kappa shape index (κ2) is 10.6. The molecule has 0 radical (unpaired) electrons. The maximum Gasteiger partial charge on any atom is 0.335 e. The van der Waals surface area contributed by atoms with Crippen LogP contribution in [0.1, 0.15) is 28.4 Å². The van der Waals surface area contributed by atoms with Gasteiger partial charge in [0.1, 0.15) is 23.2 Å². The van der Waals surface area contributed by atoms with Crippen LogP contribution in [-0.4, -0.2) is 32.2 Å². The number of carbonyl (C=O) groups excluding carboxylic acids is 1. The molecule has 3 aromatic carbocycles. The highest BCUT2D eigenvalue weighted by molar-refractivity contribution is 5.97. The minimum atomic E-state index is -1.52. The third-order valence-corrected chi connectivity index (χ3v) is 6.07. The smallest absolute Gasteiger partial charge is 0.335 e. The zero-order valence-corrected chi connectivity index (χ0v) is 20.4. The van der Waals surface area contributed by atoms with Gasteiger partial charge in [-0.25, -0.2) is 22.9 Å². The van der Waals surface area contributed by atoms with Crippen LogP contribution in [0.2, 0.25) is 0 Å². The Morgan fingerprint density at radius 1 is 1.00 bits per heavy atom. The molecule has 8 nitrogen and oxygen atoms in total. The lowest BCUT2D eigenvalue weighted by Gasteiger charge is -2.18. The quantitative estimate of drug-likeness (QED) is 0.389. The van der Waals surface area contributed by atoms with Gasteiger partial charge in [0, 0.05) is 25.1 Å². The molecule has 0 bridgehead atoms. The lowest BCUT2D eigenvalue weighted by molar-refractivity contribution is -0.139. The first-order valence-corrected chi connectivity index (χ1v) is 11.6. The average molecular weight is 520 g/mol. The third-order valence-electron chi connectivity index (χ3n) is 6.07. The van der Waals surface area contributed by atoms with E-state index in [1.807, 2.05) is 0 Å². The maximum absolute atomic E-state index is 14.1. The van der Waals surface area contributed by atoms with E-state index in [-0.39, 0.29) is 6.42 Å². The molecule has 0 aliphatic rings. The number of rotatable bonds is 7. The molecular formula is C28H23F2N3O5. The van der Waals surface area contributed by atoms with E-state index in [9.17, 15) is 33.1 Å². The van der Waals surface area contributed by atoms with Gasteiger partial charge in [-0.2, -0.15) is 0 Å². The molecule has 0 fully saturated rings. The van der Waals surface area contributed by atoms with Crippen molar-refractivity contribution in [3.8, 4) is 5.69 Å². The van der Waals surface area contributed by atoms with Crippen molar-refractivity contribution < 1.29 is 23.5 Å². The lowest BCUT2D eigenvalue weighted by atomic mass is 9.97. The molecule has 38 heavy (non-hydrogen) atoms. The van der Waals surface area contributed by atoms with E-state index < -0.39 is 46.4 Å². The first-order valence-electron chi connectivity index (χ1n) is 11.6. The van der Waals surface area contributed by atoms with Crippen molar-refractivity contribution in [1.82, 2.24) is 14.5 Å². The van der Waals surface area contributed by atoms with Crippen LogP contribution >= 0.6 is 0 Å². The summed E-state index contributed by atoms with van der Waals surface area (Å²) < 4.78 is 30.4. The molecule has 1 amide bonds. The summed E-state index contributed by atoms with van der Waals surface area (Å²) in [5.74, 6) is -4.85. The average Bonchev–Trinajstić information content (AvgIpc) is 2.87. The monoisotopic (exact) mass is 519 g/mol. The van der Waals surface area contributed by atoms with Crippen LogP contribution in [0.15, 0.2) is 76.5 Å². The molecule has 10 heteroatoms. The number of hydrogen-bond donors (Lipinski definition) is 2. The lowest BCUT2D eigenvalue weighted by Crippen LogP contribution is -2.43. The first kappa shape index (κ1) is 26.2. The van der Waals surface area contributed by atoms with Gasteiger partial charge >= 0.3 is 11.7 Å². The Hall–Kier alpha value is -4.86. The Morgan fingerprint density at radius 3 is 2.29 bits per heavy atom. The fourth-order valence-electron chi connectivity index (χ4n) is 4.30. The number of hydrogen-bond acceptors (Lipinski definition) is 4. The van der Waals surface area contributed by atoms with Crippen molar-refractivity contribution in [1.29, 1.82) is 0 Å². The van der Waals surface area contributed by atoms with Gasteiger partial charge in [0.05, 0.1) is 11.3 Å². The summed E-state index contributed by atoms with van der Waals surface area (Å²) >= 11 is 0. The molecule has 2 N–H and O–H groups in total. The van der Waals surface area contributed by atoms with Gasteiger partial charge in [0.2, 0.25) is 0 Å². The number of nitrogens with one attached hydrogen (secondary N) is 1. The molecule has 0 saturated heterocycles. The fourth-order valence-corrected chi connectivity index (χ4v) is 4.30. The minimum absolute atomic E-state index is 0.233. The number of fused-ring (bicyclic) bond motifs is 1. The van der Waals surface area contributed by atoms with E-state index in [0.29, 0.717) is 27.6 Å². The summed E-state index contributed by atoms with van der Waals surface area (Å²) in [6.45, 7) is 1.75. The Kier molecular flexibility index (Phi) is 7.33. The molecule has 4 rings (SSSR count). The maximum atomic E-state index is 14.1. The third kappa shape index (κ3) is 4.88. The SMILES string of the molecule is C/C=C/c1cn(C)c(=O)n(-c2cccc3c(C[C@H](NC(=O)c4c(F)cccc4F)C(=O)O)cccc23)c1=O. The fraction of sp³-hybridized carbons (Fsp3) is 0.143. The van der Waals surface area contributed by atoms with Gasteiger partial charge in [-0.3, -0.25) is 9.59 Å². The van der Waals surface area contributed by atoms with Crippen LogP contribution < -0.4 is 16.6 Å². The van der Waals surface area contributed by atoms with Crippen LogP contribution in [-0.2, 0) is 18.3 Å². The van der Waals surface area contributed by atoms with Gasteiger partial charge in [0.25, 0.3) is 11.5 Å². The standard InChI is InChI=1S/C28H23F2N3O5/c1-3-7-17-15-32(2)28(38)33(26(17)35)23-13-5-9-18-16(8-4-10-19(18)23)14-22(27(36)37)31-25(34)24-20(29)11-6-12-21(24)30/h3-13,15,22H,14H2,1-2H3,(H,31,34)(H,36,37)/b7-3+/t22-/m0/s1. The van der Waals surface area contributed by atoms with Gasteiger partial charge in [-0.05, 0) is 36.1 Å². The molecule has 194 valence electrons. The van der Waals surface area contributed by atoms with E-state index in [0.717, 1.165) is 22.8 Å². The summed E-state index contributed by atoms with van der Waals surface area (Å²) in [7, 11) is 1.53. The number of nitrogens with zero attached hydrogens (tertiary/aromatic N) is 2. The second-order valence-corrected chi connectivity index (χ2v) is 8.57. The van der Waals surface area contributed by atoms with E-state index >= 15 is 0 Å². The predicted molar refractivity (Wildman–Crippen MR) is 138 cm³/mol. The van der Waals surface area contributed by atoms with Crippen molar-refractivity contribution in [2.75, 3.05) is 0 Å². The van der Waals surface area contributed by atoms with Crippen molar-refractivity contribution in [3.05, 3.63) is 116 Å². The Labute approximate surface area is 215 Å². The molecule has 4 aromatic rings. The molecule has 0 aliphatic carbocycles. The number of halogens is 2. The molecule has 1 aromatic heterocycles. The van der Waals surface area contributed by atoms with E-state index in [1.165, 1.54) is 17.8 Å². The number of carboxylic acid groups (broad SMARTS) is 1. The molecular weight excluding hydrogens is 496 g/mol. The van der Waals surface area contributed by atoms with Crippen LogP contribution in [0, 0.1) is 11.6 Å². The van der Waals surface area contributed by atoms with E-state index in [2.05, 4.69) is 5.32 Å². The Morgan fingerprint density at radius 2 is 1.63 bits per heavy atom. The highest BCUT2D eigenvalue weighted by atomic mass is 19.1. The summed E-state index contributed by atoms with van der Waals surface area (Å²) in [6, 6.07) is 11.2. The normalized spacial score (nSPS) is 12.1. The molecule has 0 unspecified atom stereocenters. The van der Waals surface area contributed by atoms with Gasteiger partial charge < -0.3 is 15.0 Å². The highest BCUT2D eigenvalue weighted by Gasteiger charge is 2.25. The molecule has 0 aliphatic heterocycles. The van der Waals surface area contributed by atoms with Crippen molar-refractivity contribution in [2.24, 2.45) is 7.05 Å². The van der Waals surface area contributed by atoms with Crippen LogP contribution in [0.4, 0.5) is 8.78 Å². The molecule has 1 atom stereocenters. The minimum Gasteiger partial charge on any atom is -0.480 e. The summed E-state index contributed by atoms with van der Waals surface area (Å²) in [5.41, 5.74) is -0.895. The number of aliphatic carboxylic acids is 1. The van der Waals surface area contributed by atoms with Gasteiger partial charge in [0.15, 0.2) is 0 Å². The van der Waals surface area contributed by atoms with E-state index in [4.69, 9.17) is 0 Å². The molecule has 1 heterocycles. The van der Waals surface area contributed by atoms with Crippen LogP contribution in [0.25, 0.3) is 22.5 Å². The number of aromatic nitrogens is 2. The zero-order valence-electron chi connectivity index (χ0n) is 20.4. The second-order valence-electron chi connectivity index (χ2n) is 8.57. The van der Waals surface area contributed by atoms with Gasteiger partial charge in [-0.1, -0.05) is 48.6 Å². The summed E-state index contributed by atoms with van der Waals surface area (Å²) in [6.07, 6.45) is 4.48. The predicted octanol–water partition coefficient (Wildman–Crippen LogP) is 3.43. The molecule has 0 saturated carbocycles. The molecule has 0 spiro atoms. The van der Waals surface area contributed by atoms with Gasteiger partial charge in [-0.15, -0.1) is 0 Å². The number of carboxylic acids is 1. The first-order chi connectivity index (χ1) is 18.1. The number of allylic oxidation sites excluding steroid dienone is 1. The van der Waals surface area contributed by atoms with Crippen molar-refractivity contribution in [3.63, 3.8) is 0 Å². The van der Waals surface area contributed by atoms with E-state index in [1.54, 1.807) is 55.5 Å². The summed E-state index contributed by atoms with van der Waals surface area (Å²) in [4.78, 5) is 50.7. The number of carbonyl (C=O) groups is 2. The number of amides is 1. The highest BCUT2D eigenvalue weighted by Crippen LogP contribution is 2.25.